The van der Waals surface area contributed by atoms with Crippen LogP contribution in [-0.4, -0.2) is 52.4 Å². The number of hydrogen-bond acceptors (Lipinski definition) is 4. The second-order valence-corrected chi connectivity index (χ2v) is 4.64. The average Bonchev–Trinajstić information content (AvgIpc) is 2.46. The maximum Gasteiger partial charge on any atom is 0.325 e. The topological polar surface area (TPSA) is 116 Å². The Labute approximate surface area is 103 Å². The summed E-state index contributed by atoms with van der Waals surface area (Å²) in [5, 5.41) is 13.4. The van der Waals surface area contributed by atoms with Crippen LogP contribution in [0.2, 0.25) is 0 Å². The molecule has 0 unspecified atom stereocenters. The van der Waals surface area contributed by atoms with Gasteiger partial charge in [-0.05, 0) is 13.8 Å². The van der Waals surface area contributed by atoms with E-state index in [0.717, 1.165) is 4.90 Å². The van der Waals surface area contributed by atoms with Crippen LogP contribution in [-0.2, 0) is 14.4 Å². The maximum absolute atomic E-state index is 11.6. The van der Waals surface area contributed by atoms with Gasteiger partial charge in [0.2, 0.25) is 5.91 Å². The van der Waals surface area contributed by atoms with Gasteiger partial charge < -0.3 is 15.7 Å². The van der Waals surface area contributed by atoms with Gasteiger partial charge in [0.05, 0.1) is 13.0 Å². The van der Waals surface area contributed by atoms with Crippen LogP contribution in [0.15, 0.2) is 0 Å². The van der Waals surface area contributed by atoms with Crippen molar-refractivity contribution in [3.8, 4) is 0 Å². The number of imide groups is 1. The van der Waals surface area contributed by atoms with Crippen molar-refractivity contribution >= 4 is 23.8 Å². The Balaban J connectivity index is 2.53. The highest BCUT2D eigenvalue weighted by Gasteiger charge is 2.32. The van der Waals surface area contributed by atoms with Crippen molar-refractivity contribution in [1.82, 2.24) is 15.5 Å². The Bertz CT molecular complexity index is 388. The first-order valence-electron chi connectivity index (χ1n) is 5.32. The second kappa shape index (κ2) is 5.03. The van der Waals surface area contributed by atoms with Gasteiger partial charge in [-0.3, -0.25) is 19.3 Å². The van der Waals surface area contributed by atoms with E-state index in [2.05, 4.69) is 10.6 Å². The molecule has 0 atom stereocenters. The lowest BCUT2D eigenvalue weighted by Crippen LogP contribution is -2.49. The number of carbonyl (C=O) groups is 4. The van der Waals surface area contributed by atoms with Gasteiger partial charge in [0.25, 0.3) is 5.91 Å². The van der Waals surface area contributed by atoms with Crippen LogP contribution in [0.4, 0.5) is 4.79 Å². The standard InChI is InChI=1S/C10H15N3O5/c1-10(2,3-8(16)17)12-6(14)5-13-7(15)4-11-9(13)18/h3-5H2,1-2H3,(H,11,18)(H,12,14)(H,16,17). The number of carbonyl (C=O) groups excluding carboxylic acids is 3. The van der Waals surface area contributed by atoms with Gasteiger partial charge >= 0.3 is 12.0 Å². The first-order valence-corrected chi connectivity index (χ1v) is 5.32. The second-order valence-electron chi connectivity index (χ2n) is 4.64. The highest BCUT2D eigenvalue weighted by molar-refractivity contribution is 6.04. The molecule has 8 heteroatoms. The highest BCUT2D eigenvalue weighted by atomic mass is 16.4. The van der Waals surface area contributed by atoms with Crippen molar-refractivity contribution in [3.63, 3.8) is 0 Å². The molecular weight excluding hydrogens is 242 g/mol. The minimum Gasteiger partial charge on any atom is -0.481 e. The van der Waals surface area contributed by atoms with Crippen LogP contribution in [0.1, 0.15) is 20.3 Å². The number of hydrogen-bond donors (Lipinski definition) is 3. The minimum absolute atomic E-state index is 0.120. The molecule has 1 saturated heterocycles. The number of carboxylic acid groups (broad SMARTS) is 1. The fraction of sp³-hybridized carbons (Fsp3) is 0.600. The number of rotatable bonds is 5. The summed E-state index contributed by atoms with van der Waals surface area (Å²) in [5.74, 6) is -2.10. The van der Waals surface area contributed by atoms with E-state index in [0.29, 0.717) is 0 Å². The third-order valence-corrected chi connectivity index (χ3v) is 2.31. The molecule has 1 rings (SSSR count). The van der Waals surface area contributed by atoms with E-state index in [4.69, 9.17) is 5.11 Å². The number of nitrogens with one attached hydrogen (secondary N) is 2. The summed E-state index contributed by atoms with van der Waals surface area (Å²) in [6.07, 6.45) is -0.251. The van der Waals surface area contributed by atoms with E-state index in [1.807, 2.05) is 0 Å². The lowest BCUT2D eigenvalue weighted by atomic mass is 10.0. The van der Waals surface area contributed by atoms with Crippen molar-refractivity contribution < 1.29 is 24.3 Å². The van der Waals surface area contributed by atoms with Crippen LogP contribution in [0.5, 0.6) is 0 Å². The van der Waals surface area contributed by atoms with E-state index in [1.165, 1.54) is 0 Å². The summed E-state index contributed by atoms with van der Waals surface area (Å²) in [5.41, 5.74) is -0.942. The van der Waals surface area contributed by atoms with Gasteiger partial charge in [0.1, 0.15) is 6.54 Å². The van der Waals surface area contributed by atoms with Crippen molar-refractivity contribution in [2.75, 3.05) is 13.1 Å². The molecule has 1 aliphatic heterocycles. The van der Waals surface area contributed by atoms with Crippen LogP contribution >= 0.6 is 0 Å². The summed E-state index contributed by atoms with van der Waals surface area (Å²) in [6, 6.07) is -0.619. The third-order valence-electron chi connectivity index (χ3n) is 2.31. The Morgan fingerprint density at radius 1 is 1.44 bits per heavy atom. The lowest BCUT2D eigenvalue weighted by Gasteiger charge is -2.25. The van der Waals surface area contributed by atoms with Gasteiger partial charge in [0, 0.05) is 5.54 Å². The summed E-state index contributed by atoms with van der Waals surface area (Å²) in [6.45, 7) is 2.56. The predicted molar refractivity (Wildman–Crippen MR) is 59.6 cm³/mol. The quantitative estimate of drug-likeness (QED) is 0.541. The molecule has 0 spiro atoms. The molecule has 1 heterocycles. The van der Waals surface area contributed by atoms with Crippen LogP contribution in [0, 0.1) is 0 Å². The SMILES string of the molecule is CC(C)(CC(=O)O)NC(=O)CN1C(=O)CNC1=O. The van der Waals surface area contributed by atoms with E-state index in [-0.39, 0.29) is 13.0 Å². The molecule has 100 valence electrons. The summed E-state index contributed by atoms with van der Waals surface area (Å²) >= 11 is 0. The molecule has 0 aliphatic carbocycles. The number of nitrogens with zero attached hydrogens (tertiary/aromatic N) is 1. The molecule has 0 aromatic rings. The monoisotopic (exact) mass is 257 g/mol. The van der Waals surface area contributed by atoms with Crippen molar-refractivity contribution in [2.24, 2.45) is 0 Å². The highest BCUT2D eigenvalue weighted by Crippen LogP contribution is 2.08. The van der Waals surface area contributed by atoms with E-state index in [1.54, 1.807) is 13.8 Å². The molecule has 3 N–H and O–H groups in total. The van der Waals surface area contributed by atoms with Crippen LogP contribution < -0.4 is 10.6 Å². The Hall–Kier alpha value is -2.12. The molecule has 8 nitrogen and oxygen atoms in total. The van der Waals surface area contributed by atoms with Crippen molar-refractivity contribution in [2.45, 2.75) is 25.8 Å². The first-order chi connectivity index (χ1) is 8.21. The number of urea groups is 1. The van der Waals surface area contributed by atoms with E-state index < -0.39 is 35.9 Å². The van der Waals surface area contributed by atoms with Crippen LogP contribution in [0.25, 0.3) is 0 Å². The van der Waals surface area contributed by atoms with E-state index in [9.17, 15) is 19.2 Å². The molecule has 1 fully saturated rings. The third kappa shape index (κ3) is 3.72. The first kappa shape index (κ1) is 13.9. The zero-order valence-corrected chi connectivity index (χ0v) is 10.1. The van der Waals surface area contributed by atoms with Gasteiger partial charge in [-0.1, -0.05) is 0 Å². The van der Waals surface area contributed by atoms with Crippen molar-refractivity contribution in [3.05, 3.63) is 0 Å². The predicted octanol–water partition coefficient (Wildman–Crippen LogP) is -1.09. The van der Waals surface area contributed by atoms with Crippen LogP contribution in [0.3, 0.4) is 0 Å². The van der Waals surface area contributed by atoms with Gasteiger partial charge in [-0.15, -0.1) is 0 Å². The largest absolute Gasteiger partial charge is 0.481 e. The zero-order valence-electron chi connectivity index (χ0n) is 10.1. The fourth-order valence-corrected chi connectivity index (χ4v) is 1.60. The minimum atomic E-state index is -1.05. The molecule has 0 radical (unpaired) electrons. The van der Waals surface area contributed by atoms with Gasteiger partial charge in [0.15, 0.2) is 0 Å². The maximum atomic E-state index is 11.6. The Kier molecular flexibility index (Phi) is 3.89. The summed E-state index contributed by atoms with van der Waals surface area (Å²) in [7, 11) is 0. The number of carboxylic acids is 1. The Morgan fingerprint density at radius 3 is 2.50 bits per heavy atom. The smallest absolute Gasteiger partial charge is 0.325 e. The summed E-state index contributed by atoms with van der Waals surface area (Å²) in [4.78, 5) is 45.4. The molecule has 0 aromatic carbocycles. The summed E-state index contributed by atoms with van der Waals surface area (Å²) < 4.78 is 0. The molecule has 0 bridgehead atoms. The van der Waals surface area contributed by atoms with Gasteiger partial charge in [-0.25, -0.2) is 4.79 Å². The molecule has 0 aromatic heterocycles. The van der Waals surface area contributed by atoms with Crippen molar-refractivity contribution in [1.29, 1.82) is 0 Å². The molecular formula is C10H15N3O5. The average molecular weight is 257 g/mol. The van der Waals surface area contributed by atoms with Gasteiger partial charge in [-0.2, -0.15) is 0 Å². The van der Waals surface area contributed by atoms with E-state index >= 15 is 0 Å². The fourth-order valence-electron chi connectivity index (χ4n) is 1.60. The normalized spacial score (nSPS) is 15.6. The molecule has 18 heavy (non-hydrogen) atoms. The number of amides is 4. The lowest BCUT2D eigenvalue weighted by molar-refractivity contribution is -0.139. The Morgan fingerprint density at radius 2 is 2.06 bits per heavy atom. The molecule has 0 saturated carbocycles. The molecule has 1 aliphatic rings. The zero-order chi connectivity index (χ0) is 13.9. The number of aliphatic carboxylic acids is 1. The molecule has 4 amide bonds.